The Morgan fingerprint density at radius 3 is 2.46 bits per heavy atom. The SMILES string of the molecule is CCOC(=O)C1=C(C)N=c2sc(=Cc3cccc(OC)c3OC)c(=O)n2C1c1ccc(OC(C)C)c(OC)c1. The largest absolute Gasteiger partial charge is 0.493 e. The number of allylic oxidation sites excluding steroid dienone is 1. The number of methoxy groups -OCH3 is 3. The maximum Gasteiger partial charge on any atom is 0.338 e. The van der Waals surface area contributed by atoms with Crippen LogP contribution in [0.2, 0.25) is 0 Å². The minimum Gasteiger partial charge on any atom is -0.493 e. The van der Waals surface area contributed by atoms with E-state index in [1.807, 2.05) is 32.0 Å². The van der Waals surface area contributed by atoms with Crippen LogP contribution in [-0.4, -0.2) is 44.6 Å². The van der Waals surface area contributed by atoms with Gasteiger partial charge in [0, 0.05) is 5.56 Å². The molecule has 206 valence electrons. The summed E-state index contributed by atoms with van der Waals surface area (Å²) in [5.41, 5.74) is 1.80. The summed E-state index contributed by atoms with van der Waals surface area (Å²) in [5, 5.41) is 0. The van der Waals surface area contributed by atoms with Crippen molar-refractivity contribution >= 4 is 23.4 Å². The number of fused-ring (bicyclic) bond motifs is 1. The number of hydrogen-bond donors (Lipinski definition) is 0. The Balaban J connectivity index is 1.96. The number of carbonyl (C=O) groups is 1. The van der Waals surface area contributed by atoms with Gasteiger partial charge in [0.1, 0.15) is 0 Å². The first kappa shape index (κ1) is 28.0. The second-order valence-electron chi connectivity index (χ2n) is 8.96. The van der Waals surface area contributed by atoms with Crippen LogP contribution in [0.15, 0.2) is 57.5 Å². The van der Waals surface area contributed by atoms with E-state index in [1.165, 1.54) is 15.9 Å². The molecule has 1 aromatic heterocycles. The Morgan fingerprint density at radius 2 is 1.82 bits per heavy atom. The van der Waals surface area contributed by atoms with E-state index in [0.717, 1.165) is 0 Å². The fraction of sp³-hybridized carbons (Fsp3) is 0.345. The molecule has 1 unspecified atom stereocenters. The van der Waals surface area contributed by atoms with E-state index in [9.17, 15) is 9.59 Å². The molecular weight excluding hydrogens is 520 g/mol. The number of ether oxygens (including phenoxy) is 5. The molecule has 0 spiro atoms. The Kier molecular flexibility index (Phi) is 8.44. The highest BCUT2D eigenvalue weighted by atomic mass is 32.1. The Labute approximate surface area is 230 Å². The molecule has 0 N–H and O–H groups in total. The van der Waals surface area contributed by atoms with Crippen molar-refractivity contribution in [3.63, 3.8) is 0 Å². The smallest absolute Gasteiger partial charge is 0.338 e. The van der Waals surface area contributed by atoms with Gasteiger partial charge in [-0.15, -0.1) is 0 Å². The standard InChI is InChI=1S/C29H32N2O7S/c1-8-37-28(33)24-17(4)30-29-31(25(24)18-12-13-20(38-16(2)3)22(14-18)35-6)27(32)23(39-29)15-19-10-9-11-21(34-5)26(19)36-7/h9-16,25H,8H2,1-7H3. The zero-order valence-electron chi connectivity index (χ0n) is 23.1. The predicted octanol–water partition coefficient (Wildman–Crippen LogP) is 3.61. The number of esters is 1. The van der Waals surface area contributed by atoms with Crippen LogP contribution in [-0.2, 0) is 9.53 Å². The topological polar surface area (TPSA) is 97.6 Å². The molecule has 0 fully saturated rings. The van der Waals surface area contributed by atoms with Crippen molar-refractivity contribution in [3.8, 4) is 23.0 Å². The van der Waals surface area contributed by atoms with Gasteiger partial charge in [0.25, 0.3) is 5.56 Å². The van der Waals surface area contributed by atoms with Gasteiger partial charge >= 0.3 is 5.97 Å². The molecule has 1 aliphatic heterocycles. The van der Waals surface area contributed by atoms with Crippen LogP contribution in [0.3, 0.4) is 0 Å². The van der Waals surface area contributed by atoms with E-state index >= 15 is 0 Å². The Morgan fingerprint density at radius 1 is 1.08 bits per heavy atom. The lowest BCUT2D eigenvalue weighted by molar-refractivity contribution is -0.139. The molecule has 3 aromatic rings. The van der Waals surface area contributed by atoms with E-state index in [4.69, 9.17) is 23.7 Å². The third-order valence-corrected chi connectivity index (χ3v) is 7.09. The fourth-order valence-corrected chi connectivity index (χ4v) is 5.52. The van der Waals surface area contributed by atoms with E-state index in [-0.39, 0.29) is 23.8 Å². The zero-order valence-corrected chi connectivity index (χ0v) is 23.9. The zero-order chi connectivity index (χ0) is 28.3. The highest BCUT2D eigenvalue weighted by molar-refractivity contribution is 7.07. The number of rotatable bonds is 9. The number of hydrogen-bond acceptors (Lipinski definition) is 9. The lowest BCUT2D eigenvalue weighted by Crippen LogP contribution is -2.40. The first-order valence-electron chi connectivity index (χ1n) is 12.5. The molecular formula is C29H32N2O7S. The average molecular weight is 553 g/mol. The average Bonchev–Trinajstić information content (AvgIpc) is 3.21. The fourth-order valence-electron chi connectivity index (χ4n) is 4.48. The van der Waals surface area contributed by atoms with Crippen molar-refractivity contribution in [3.05, 3.63) is 78.5 Å². The minimum atomic E-state index is -0.781. The Hall–Kier alpha value is -4.05. The molecule has 4 rings (SSSR count). The number of thiazole rings is 1. The number of para-hydroxylation sites is 1. The first-order chi connectivity index (χ1) is 18.7. The van der Waals surface area contributed by atoms with Crippen molar-refractivity contribution in [1.82, 2.24) is 4.57 Å². The summed E-state index contributed by atoms with van der Waals surface area (Å²) in [5.74, 6) is 1.58. The molecule has 9 nitrogen and oxygen atoms in total. The van der Waals surface area contributed by atoms with Gasteiger partial charge in [0.05, 0.1) is 55.9 Å². The summed E-state index contributed by atoms with van der Waals surface area (Å²) in [6.07, 6.45) is 1.68. The van der Waals surface area contributed by atoms with Gasteiger partial charge in [0.2, 0.25) is 0 Å². The van der Waals surface area contributed by atoms with Crippen LogP contribution in [0, 0.1) is 0 Å². The maximum atomic E-state index is 13.9. The third-order valence-electron chi connectivity index (χ3n) is 6.10. The number of nitrogens with zero attached hydrogens (tertiary/aromatic N) is 2. The van der Waals surface area contributed by atoms with E-state index in [2.05, 4.69) is 4.99 Å². The van der Waals surface area contributed by atoms with Crippen LogP contribution >= 0.6 is 11.3 Å². The summed E-state index contributed by atoms with van der Waals surface area (Å²) >= 11 is 1.23. The molecule has 10 heteroatoms. The molecule has 0 saturated carbocycles. The molecule has 0 amide bonds. The predicted molar refractivity (Wildman–Crippen MR) is 149 cm³/mol. The second-order valence-corrected chi connectivity index (χ2v) is 9.97. The molecule has 0 radical (unpaired) electrons. The summed E-state index contributed by atoms with van der Waals surface area (Å²) in [6.45, 7) is 7.52. The number of aromatic nitrogens is 1. The van der Waals surface area contributed by atoms with Gasteiger partial charge in [-0.3, -0.25) is 9.36 Å². The van der Waals surface area contributed by atoms with Crippen molar-refractivity contribution < 1.29 is 28.5 Å². The van der Waals surface area contributed by atoms with Crippen LogP contribution in [0.5, 0.6) is 23.0 Å². The molecule has 0 aliphatic carbocycles. The molecule has 0 bridgehead atoms. The van der Waals surface area contributed by atoms with Gasteiger partial charge in [-0.1, -0.05) is 29.5 Å². The maximum absolute atomic E-state index is 13.9. The van der Waals surface area contributed by atoms with Crippen LogP contribution < -0.4 is 33.8 Å². The van der Waals surface area contributed by atoms with Gasteiger partial charge in [-0.25, -0.2) is 9.79 Å². The molecule has 1 atom stereocenters. The summed E-state index contributed by atoms with van der Waals surface area (Å²) in [7, 11) is 4.65. The van der Waals surface area contributed by atoms with Crippen molar-refractivity contribution in [2.45, 2.75) is 39.8 Å². The van der Waals surface area contributed by atoms with E-state index < -0.39 is 12.0 Å². The van der Waals surface area contributed by atoms with Crippen LogP contribution in [0.25, 0.3) is 6.08 Å². The van der Waals surface area contributed by atoms with Crippen molar-refractivity contribution in [1.29, 1.82) is 0 Å². The van der Waals surface area contributed by atoms with Gasteiger partial charge < -0.3 is 23.7 Å². The molecule has 2 heterocycles. The molecule has 0 saturated heterocycles. The van der Waals surface area contributed by atoms with Gasteiger partial charge in [-0.2, -0.15) is 0 Å². The minimum absolute atomic E-state index is 0.0618. The number of benzene rings is 2. The number of carbonyl (C=O) groups excluding carboxylic acids is 1. The van der Waals surface area contributed by atoms with Crippen LogP contribution in [0.4, 0.5) is 0 Å². The molecule has 1 aliphatic rings. The monoisotopic (exact) mass is 552 g/mol. The summed E-state index contributed by atoms with van der Waals surface area (Å²) < 4.78 is 29.8. The third kappa shape index (κ3) is 5.42. The van der Waals surface area contributed by atoms with E-state index in [0.29, 0.717) is 49.2 Å². The normalized spacial score (nSPS) is 15.1. The molecule has 39 heavy (non-hydrogen) atoms. The summed E-state index contributed by atoms with van der Waals surface area (Å²) in [4.78, 5) is 32.2. The van der Waals surface area contributed by atoms with Crippen LogP contribution in [0.1, 0.15) is 44.9 Å². The van der Waals surface area contributed by atoms with E-state index in [1.54, 1.807) is 59.5 Å². The quantitative estimate of drug-likeness (QED) is 0.374. The van der Waals surface area contributed by atoms with Crippen molar-refractivity contribution in [2.24, 2.45) is 4.99 Å². The first-order valence-corrected chi connectivity index (χ1v) is 13.3. The molecule has 2 aromatic carbocycles. The van der Waals surface area contributed by atoms with Gasteiger partial charge in [-0.05, 0) is 57.5 Å². The van der Waals surface area contributed by atoms with Gasteiger partial charge in [0.15, 0.2) is 27.8 Å². The lowest BCUT2D eigenvalue weighted by Gasteiger charge is -2.25. The Bertz CT molecular complexity index is 1600. The van der Waals surface area contributed by atoms with Crippen molar-refractivity contribution in [2.75, 3.05) is 27.9 Å². The lowest BCUT2D eigenvalue weighted by atomic mass is 9.95. The highest BCUT2D eigenvalue weighted by Gasteiger charge is 2.34. The highest BCUT2D eigenvalue weighted by Crippen LogP contribution is 2.37. The summed E-state index contributed by atoms with van der Waals surface area (Å²) in [6, 6.07) is 10.0. The second kappa shape index (κ2) is 11.8.